The van der Waals surface area contributed by atoms with Gasteiger partial charge in [-0.1, -0.05) is 32.0 Å². The van der Waals surface area contributed by atoms with Gasteiger partial charge in [0.25, 0.3) is 11.1 Å². The van der Waals surface area contributed by atoms with Gasteiger partial charge >= 0.3 is 5.69 Å². The molecule has 0 bridgehead atoms. The number of carbonyl (C=O) groups is 2. The Morgan fingerprint density at radius 1 is 1.23 bits per heavy atom. The molecule has 0 aromatic heterocycles. The van der Waals surface area contributed by atoms with E-state index >= 15 is 0 Å². The maximum absolute atomic E-state index is 12.7. The van der Waals surface area contributed by atoms with Gasteiger partial charge < -0.3 is 9.84 Å². The molecule has 8 nitrogen and oxygen atoms in total. The quantitative estimate of drug-likeness (QED) is 0.371. The van der Waals surface area contributed by atoms with Crippen molar-refractivity contribution < 1.29 is 24.4 Å². The van der Waals surface area contributed by atoms with Crippen LogP contribution in [0, 0.1) is 17.0 Å². The maximum atomic E-state index is 12.7. The summed E-state index contributed by atoms with van der Waals surface area (Å²) >= 11 is 0.762. The zero-order valence-electron chi connectivity index (χ0n) is 17.3. The van der Waals surface area contributed by atoms with Gasteiger partial charge in [-0.25, -0.2) is 0 Å². The molecule has 1 fully saturated rings. The Kier molecular flexibility index (Phi) is 6.65. The summed E-state index contributed by atoms with van der Waals surface area (Å²) in [6.07, 6.45) is 1.40. The zero-order valence-corrected chi connectivity index (χ0v) is 18.1. The number of nitro benzene ring substituents is 1. The van der Waals surface area contributed by atoms with Crippen molar-refractivity contribution in [1.82, 2.24) is 4.90 Å². The number of ether oxygens (including phenoxy) is 1. The number of amides is 2. The Hall–Kier alpha value is -3.33. The van der Waals surface area contributed by atoms with Crippen LogP contribution in [0.1, 0.15) is 36.5 Å². The van der Waals surface area contributed by atoms with Crippen molar-refractivity contribution in [2.75, 3.05) is 13.2 Å². The van der Waals surface area contributed by atoms with E-state index in [1.54, 1.807) is 0 Å². The Labute approximate surface area is 183 Å². The van der Waals surface area contributed by atoms with Gasteiger partial charge in [-0.3, -0.25) is 24.6 Å². The summed E-state index contributed by atoms with van der Waals surface area (Å²) in [6.45, 7) is 6.33. The van der Waals surface area contributed by atoms with E-state index in [1.165, 1.54) is 18.2 Å². The van der Waals surface area contributed by atoms with E-state index in [9.17, 15) is 24.8 Å². The van der Waals surface area contributed by atoms with Crippen LogP contribution in [-0.4, -0.2) is 39.2 Å². The number of hydrogen-bond donors (Lipinski definition) is 1. The summed E-state index contributed by atoms with van der Waals surface area (Å²) in [5.41, 5.74) is 1.97. The molecular weight excluding hydrogens is 420 g/mol. The van der Waals surface area contributed by atoms with Crippen molar-refractivity contribution in [2.24, 2.45) is 0 Å². The summed E-state index contributed by atoms with van der Waals surface area (Å²) in [5.74, 6) is 0.0472. The van der Waals surface area contributed by atoms with E-state index in [1.807, 2.05) is 25.1 Å². The number of aryl methyl sites for hydroxylation is 1. The molecule has 1 heterocycles. The lowest BCUT2D eigenvalue weighted by atomic mass is 10.0. The van der Waals surface area contributed by atoms with Crippen molar-refractivity contribution in [2.45, 2.75) is 26.7 Å². The number of benzene rings is 2. The molecule has 1 N–H and O–H groups in total. The normalized spacial score (nSPS) is 15.2. The lowest BCUT2D eigenvalue weighted by Crippen LogP contribution is -2.32. The minimum absolute atomic E-state index is 0.0865. The molecule has 2 amide bonds. The number of imide groups is 1. The molecule has 0 saturated carbocycles. The van der Waals surface area contributed by atoms with Crippen LogP contribution in [0.25, 0.3) is 6.08 Å². The highest BCUT2D eigenvalue weighted by Crippen LogP contribution is 2.34. The van der Waals surface area contributed by atoms with Crippen LogP contribution in [0.3, 0.4) is 0 Å². The zero-order chi connectivity index (χ0) is 22.7. The lowest BCUT2D eigenvalue weighted by molar-refractivity contribution is -0.385. The van der Waals surface area contributed by atoms with E-state index in [0.717, 1.165) is 39.6 Å². The van der Waals surface area contributed by atoms with Gasteiger partial charge in [0.05, 0.1) is 16.4 Å². The second-order valence-electron chi connectivity index (χ2n) is 7.38. The first-order valence-electron chi connectivity index (χ1n) is 9.63. The SMILES string of the molecule is Cc1ccc(C(C)C)c(OCCN2C(=O)S/C(=C\c3ccc(O)c([N+](=O)[O-])c3)C2=O)c1. The Balaban J connectivity index is 1.70. The molecule has 2 aromatic carbocycles. The predicted molar refractivity (Wildman–Crippen MR) is 118 cm³/mol. The molecule has 31 heavy (non-hydrogen) atoms. The smallest absolute Gasteiger partial charge is 0.311 e. The van der Waals surface area contributed by atoms with Gasteiger partial charge in [-0.2, -0.15) is 0 Å². The third kappa shape index (κ3) is 5.05. The van der Waals surface area contributed by atoms with Gasteiger partial charge in [0.2, 0.25) is 0 Å². The summed E-state index contributed by atoms with van der Waals surface area (Å²) in [7, 11) is 0. The van der Waals surface area contributed by atoms with Crippen molar-refractivity contribution in [1.29, 1.82) is 0 Å². The third-order valence-corrected chi connectivity index (χ3v) is 5.64. The molecule has 162 valence electrons. The van der Waals surface area contributed by atoms with Crippen LogP contribution in [0.4, 0.5) is 10.5 Å². The van der Waals surface area contributed by atoms with Crippen LogP contribution in [0.2, 0.25) is 0 Å². The maximum Gasteiger partial charge on any atom is 0.311 e. The number of hydrogen-bond acceptors (Lipinski definition) is 7. The first-order valence-corrected chi connectivity index (χ1v) is 10.4. The number of carbonyl (C=O) groups excluding carboxylic acids is 2. The van der Waals surface area contributed by atoms with E-state index in [-0.39, 0.29) is 24.0 Å². The molecule has 0 unspecified atom stereocenters. The number of phenolic OH excluding ortho intramolecular Hbond substituents is 1. The highest BCUT2D eigenvalue weighted by atomic mass is 32.2. The predicted octanol–water partition coefficient (Wildman–Crippen LogP) is 4.85. The number of nitro groups is 1. The van der Waals surface area contributed by atoms with E-state index < -0.39 is 27.5 Å². The summed E-state index contributed by atoms with van der Waals surface area (Å²) in [4.78, 5) is 36.5. The minimum atomic E-state index is -0.716. The molecule has 1 aliphatic rings. The summed E-state index contributed by atoms with van der Waals surface area (Å²) in [5, 5.41) is 20.1. The van der Waals surface area contributed by atoms with Gasteiger partial charge in [-0.05, 0) is 59.5 Å². The molecule has 0 radical (unpaired) electrons. The average molecular weight is 442 g/mol. The van der Waals surface area contributed by atoms with E-state index in [0.29, 0.717) is 5.56 Å². The number of phenols is 1. The molecular formula is C22H22N2O6S. The number of thioether (sulfide) groups is 1. The Bertz CT molecular complexity index is 1080. The van der Waals surface area contributed by atoms with Crippen LogP contribution in [0.5, 0.6) is 11.5 Å². The monoisotopic (exact) mass is 442 g/mol. The van der Waals surface area contributed by atoms with Gasteiger partial charge in [-0.15, -0.1) is 0 Å². The molecule has 1 saturated heterocycles. The van der Waals surface area contributed by atoms with Crippen LogP contribution < -0.4 is 4.74 Å². The topological polar surface area (TPSA) is 110 Å². The van der Waals surface area contributed by atoms with Crippen molar-refractivity contribution in [3.63, 3.8) is 0 Å². The first kappa shape index (κ1) is 22.4. The number of rotatable bonds is 7. The van der Waals surface area contributed by atoms with Gasteiger partial charge in [0.1, 0.15) is 12.4 Å². The Morgan fingerprint density at radius 3 is 2.65 bits per heavy atom. The Morgan fingerprint density at radius 2 is 1.97 bits per heavy atom. The fraction of sp³-hybridized carbons (Fsp3) is 0.273. The third-order valence-electron chi connectivity index (χ3n) is 4.73. The molecule has 0 spiro atoms. The highest BCUT2D eigenvalue weighted by Gasteiger charge is 2.35. The molecule has 3 rings (SSSR count). The number of aromatic hydroxyl groups is 1. The lowest BCUT2D eigenvalue weighted by Gasteiger charge is -2.17. The molecule has 0 atom stereocenters. The van der Waals surface area contributed by atoms with E-state index in [4.69, 9.17) is 4.74 Å². The van der Waals surface area contributed by atoms with Gasteiger partial charge in [0, 0.05) is 6.07 Å². The largest absolute Gasteiger partial charge is 0.502 e. The summed E-state index contributed by atoms with van der Waals surface area (Å²) in [6, 6.07) is 9.71. The summed E-state index contributed by atoms with van der Waals surface area (Å²) < 4.78 is 5.87. The van der Waals surface area contributed by atoms with Crippen molar-refractivity contribution in [3.8, 4) is 11.5 Å². The fourth-order valence-corrected chi connectivity index (χ4v) is 3.98. The molecule has 2 aromatic rings. The minimum Gasteiger partial charge on any atom is -0.502 e. The van der Waals surface area contributed by atoms with Crippen molar-refractivity contribution in [3.05, 3.63) is 68.1 Å². The molecule has 9 heteroatoms. The van der Waals surface area contributed by atoms with Gasteiger partial charge in [0.15, 0.2) is 5.75 Å². The highest BCUT2D eigenvalue weighted by molar-refractivity contribution is 8.18. The first-order chi connectivity index (χ1) is 14.7. The second kappa shape index (κ2) is 9.22. The van der Waals surface area contributed by atoms with Crippen LogP contribution in [0.15, 0.2) is 41.3 Å². The van der Waals surface area contributed by atoms with Crippen LogP contribution in [-0.2, 0) is 4.79 Å². The molecule has 0 aliphatic carbocycles. The van der Waals surface area contributed by atoms with E-state index in [2.05, 4.69) is 13.8 Å². The van der Waals surface area contributed by atoms with Crippen molar-refractivity contribution >= 4 is 34.7 Å². The second-order valence-corrected chi connectivity index (χ2v) is 8.38. The molecule has 1 aliphatic heterocycles. The van der Waals surface area contributed by atoms with Crippen LogP contribution >= 0.6 is 11.8 Å². The standard InChI is InChI=1S/C22H22N2O6S/c1-13(2)16-6-4-14(3)10-19(16)30-9-8-23-21(26)20(31-22(23)27)12-15-5-7-18(25)17(11-15)24(28)29/h4-7,10-13,25H,8-9H2,1-3H3/b20-12-. The fourth-order valence-electron chi connectivity index (χ4n) is 3.11. The number of nitrogens with zero attached hydrogens (tertiary/aromatic N) is 2. The average Bonchev–Trinajstić information content (AvgIpc) is 2.96.